The van der Waals surface area contributed by atoms with Gasteiger partial charge in [0.1, 0.15) is 0 Å². The van der Waals surface area contributed by atoms with Gasteiger partial charge in [0, 0.05) is 24.8 Å². The maximum absolute atomic E-state index is 4.39. The molecule has 0 saturated heterocycles. The van der Waals surface area contributed by atoms with Crippen molar-refractivity contribution in [3.05, 3.63) is 54.4 Å². The average Bonchev–Trinajstić information content (AvgIpc) is 2.74. The molecule has 0 spiro atoms. The maximum Gasteiger partial charge on any atom is 0.0657 e. The summed E-state index contributed by atoms with van der Waals surface area (Å²) < 4.78 is 0. The van der Waals surface area contributed by atoms with Gasteiger partial charge in [-0.25, -0.2) is 0 Å². The summed E-state index contributed by atoms with van der Waals surface area (Å²) in [5, 5.41) is 0. The normalized spacial score (nSPS) is 14.0. The highest BCUT2D eigenvalue weighted by Gasteiger charge is 2.20. The van der Waals surface area contributed by atoms with E-state index in [0.29, 0.717) is 0 Å². The maximum atomic E-state index is 4.39. The predicted octanol–water partition coefficient (Wildman–Crippen LogP) is 2.78. The number of aromatic nitrogens is 1. The van der Waals surface area contributed by atoms with E-state index >= 15 is 0 Å². The van der Waals surface area contributed by atoms with Crippen LogP contribution in [0.2, 0.25) is 0 Å². The number of pyridine rings is 1. The predicted molar refractivity (Wildman–Crippen MR) is 61.4 cm³/mol. The molecule has 0 bridgehead atoms. The van der Waals surface area contributed by atoms with Crippen LogP contribution < -0.4 is 4.90 Å². The van der Waals surface area contributed by atoms with Gasteiger partial charge >= 0.3 is 0 Å². The standard InChI is InChI=1S/C13H12N2/c1-2-5-11(6-3-1)15-10-8-12-13(15)7-4-9-14-12/h1-7,9H,8,10H2. The summed E-state index contributed by atoms with van der Waals surface area (Å²) in [6.07, 6.45) is 2.92. The molecule has 1 aliphatic rings. The molecular weight excluding hydrogens is 184 g/mol. The molecule has 15 heavy (non-hydrogen) atoms. The largest absolute Gasteiger partial charge is 0.340 e. The summed E-state index contributed by atoms with van der Waals surface area (Å²) in [4.78, 5) is 6.72. The smallest absolute Gasteiger partial charge is 0.0657 e. The van der Waals surface area contributed by atoms with Gasteiger partial charge in [-0.1, -0.05) is 18.2 Å². The fourth-order valence-electron chi connectivity index (χ4n) is 2.08. The van der Waals surface area contributed by atoms with Gasteiger partial charge in [0.05, 0.1) is 11.4 Å². The Labute approximate surface area is 89.2 Å². The second-order valence-electron chi connectivity index (χ2n) is 3.71. The lowest BCUT2D eigenvalue weighted by molar-refractivity contribution is 0.978. The van der Waals surface area contributed by atoms with Gasteiger partial charge in [-0.15, -0.1) is 0 Å². The van der Waals surface area contributed by atoms with Crippen molar-refractivity contribution in [2.24, 2.45) is 0 Å². The molecule has 1 aromatic carbocycles. The molecule has 0 atom stereocenters. The van der Waals surface area contributed by atoms with E-state index in [1.807, 2.05) is 18.3 Å². The van der Waals surface area contributed by atoms with Gasteiger partial charge in [-0.3, -0.25) is 4.98 Å². The SMILES string of the molecule is c1ccc(N2CCc3ncccc32)cc1. The molecule has 1 aromatic heterocycles. The third-order valence-electron chi connectivity index (χ3n) is 2.80. The Hall–Kier alpha value is -1.83. The fraction of sp³-hybridized carbons (Fsp3) is 0.154. The van der Waals surface area contributed by atoms with Crippen molar-refractivity contribution < 1.29 is 0 Å². The van der Waals surface area contributed by atoms with E-state index in [1.165, 1.54) is 17.1 Å². The van der Waals surface area contributed by atoms with Gasteiger partial charge in [0.2, 0.25) is 0 Å². The number of hydrogen-bond donors (Lipinski definition) is 0. The third-order valence-corrected chi connectivity index (χ3v) is 2.80. The molecule has 0 saturated carbocycles. The van der Waals surface area contributed by atoms with E-state index in [0.717, 1.165) is 13.0 Å². The minimum absolute atomic E-state index is 1.04. The number of benzene rings is 1. The zero-order valence-electron chi connectivity index (χ0n) is 8.43. The van der Waals surface area contributed by atoms with Crippen LogP contribution >= 0.6 is 0 Å². The van der Waals surface area contributed by atoms with E-state index in [1.54, 1.807) is 0 Å². The van der Waals surface area contributed by atoms with Crippen molar-refractivity contribution in [3.63, 3.8) is 0 Å². The molecule has 0 aliphatic carbocycles. The van der Waals surface area contributed by atoms with Crippen LogP contribution in [-0.4, -0.2) is 11.5 Å². The molecule has 2 nitrogen and oxygen atoms in total. The molecule has 0 radical (unpaired) electrons. The van der Waals surface area contributed by atoms with Crippen LogP contribution in [0.1, 0.15) is 5.69 Å². The van der Waals surface area contributed by atoms with Crippen LogP contribution in [-0.2, 0) is 6.42 Å². The van der Waals surface area contributed by atoms with Crippen LogP contribution in [0.3, 0.4) is 0 Å². The Balaban J connectivity index is 2.05. The number of para-hydroxylation sites is 1. The summed E-state index contributed by atoms with van der Waals surface area (Å²) in [7, 11) is 0. The van der Waals surface area contributed by atoms with Crippen LogP contribution in [0, 0.1) is 0 Å². The van der Waals surface area contributed by atoms with Crippen LogP contribution in [0.15, 0.2) is 48.7 Å². The lowest BCUT2D eigenvalue weighted by Gasteiger charge is -2.18. The van der Waals surface area contributed by atoms with Crippen molar-refractivity contribution in [3.8, 4) is 0 Å². The summed E-state index contributed by atoms with van der Waals surface area (Å²) in [5.41, 5.74) is 3.72. The highest BCUT2D eigenvalue weighted by Crippen LogP contribution is 2.32. The molecule has 2 aromatic rings. The first-order chi connectivity index (χ1) is 7.45. The Kier molecular flexibility index (Phi) is 1.91. The molecule has 3 rings (SSSR count). The number of hydrogen-bond acceptors (Lipinski definition) is 2. The summed E-state index contributed by atoms with van der Waals surface area (Å²) >= 11 is 0. The highest BCUT2D eigenvalue weighted by atomic mass is 15.2. The summed E-state index contributed by atoms with van der Waals surface area (Å²) in [6.45, 7) is 1.04. The molecule has 0 N–H and O–H groups in total. The van der Waals surface area contributed by atoms with E-state index < -0.39 is 0 Å². The lowest BCUT2D eigenvalue weighted by Crippen LogP contribution is -2.12. The average molecular weight is 196 g/mol. The van der Waals surface area contributed by atoms with E-state index in [9.17, 15) is 0 Å². The van der Waals surface area contributed by atoms with Gasteiger partial charge in [0.15, 0.2) is 0 Å². The molecular formula is C13H12N2. The Bertz CT molecular complexity index is 465. The van der Waals surface area contributed by atoms with E-state index in [2.05, 4.69) is 40.2 Å². The highest BCUT2D eigenvalue weighted by molar-refractivity contribution is 5.67. The molecule has 74 valence electrons. The molecule has 0 amide bonds. The van der Waals surface area contributed by atoms with E-state index in [-0.39, 0.29) is 0 Å². The summed E-state index contributed by atoms with van der Waals surface area (Å²) in [5.74, 6) is 0. The van der Waals surface area contributed by atoms with Crippen LogP contribution in [0.5, 0.6) is 0 Å². The number of rotatable bonds is 1. The van der Waals surface area contributed by atoms with Crippen molar-refractivity contribution >= 4 is 11.4 Å². The molecule has 0 unspecified atom stereocenters. The molecule has 0 fully saturated rings. The second-order valence-corrected chi connectivity index (χ2v) is 3.71. The quantitative estimate of drug-likeness (QED) is 0.697. The second kappa shape index (κ2) is 3.39. The first kappa shape index (κ1) is 8.48. The van der Waals surface area contributed by atoms with Crippen molar-refractivity contribution in [2.45, 2.75) is 6.42 Å². The fourth-order valence-corrected chi connectivity index (χ4v) is 2.08. The van der Waals surface area contributed by atoms with Gasteiger partial charge < -0.3 is 4.90 Å². The zero-order chi connectivity index (χ0) is 10.1. The minimum atomic E-state index is 1.04. The third kappa shape index (κ3) is 1.38. The topological polar surface area (TPSA) is 16.1 Å². The van der Waals surface area contributed by atoms with Crippen LogP contribution in [0.4, 0.5) is 11.4 Å². The van der Waals surface area contributed by atoms with Gasteiger partial charge in [-0.2, -0.15) is 0 Å². The number of fused-ring (bicyclic) bond motifs is 1. The first-order valence-corrected chi connectivity index (χ1v) is 5.21. The van der Waals surface area contributed by atoms with Crippen LogP contribution in [0.25, 0.3) is 0 Å². The van der Waals surface area contributed by atoms with Crippen molar-refractivity contribution in [1.29, 1.82) is 0 Å². The van der Waals surface area contributed by atoms with Gasteiger partial charge in [-0.05, 0) is 24.3 Å². The minimum Gasteiger partial charge on any atom is -0.340 e. The first-order valence-electron chi connectivity index (χ1n) is 5.21. The Morgan fingerprint density at radius 3 is 2.73 bits per heavy atom. The molecule has 1 aliphatic heterocycles. The zero-order valence-corrected chi connectivity index (χ0v) is 8.43. The Morgan fingerprint density at radius 1 is 1.00 bits per heavy atom. The molecule has 2 heteroatoms. The Morgan fingerprint density at radius 2 is 1.87 bits per heavy atom. The number of nitrogens with zero attached hydrogens (tertiary/aromatic N) is 2. The number of anilines is 2. The summed E-state index contributed by atoms with van der Waals surface area (Å²) in [6, 6.07) is 14.6. The van der Waals surface area contributed by atoms with Gasteiger partial charge in [0.25, 0.3) is 0 Å². The van der Waals surface area contributed by atoms with E-state index in [4.69, 9.17) is 0 Å². The van der Waals surface area contributed by atoms with Crippen molar-refractivity contribution in [2.75, 3.05) is 11.4 Å². The lowest BCUT2D eigenvalue weighted by atomic mass is 10.2. The molecule has 2 heterocycles. The van der Waals surface area contributed by atoms with Crippen molar-refractivity contribution in [1.82, 2.24) is 4.98 Å². The monoisotopic (exact) mass is 196 g/mol.